The van der Waals surface area contributed by atoms with Crippen molar-refractivity contribution in [2.45, 2.75) is 26.3 Å². The van der Waals surface area contributed by atoms with Gasteiger partial charge >= 0.3 is 5.97 Å². The smallest absolute Gasteiger partial charge is 0.326 e. The number of hydrogen-bond acceptors (Lipinski definition) is 3. The summed E-state index contributed by atoms with van der Waals surface area (Å²) >= 11 is 4.80. The summed E-state index contributed by atoms with van der Waals surface area (Å²) < 4.78 is 0. The van der Waals surface area contributed by atoms with Gasteiger partial charge in [0.2, 0.25) is 0 Å². The zero-order chi connectivity index (χ0) is 11.1. The van der Waals surface area contributed by atoms with E-state index >= 15 is 0 Å². The van der Waals surface area contributed by atoms with Crippen LogP contribution in [-0.2, 0) is 9.59 Å². The summed E-state index contributed by atoms with van der Waals surface area (Å²) in [5, 5.41) is 14.3. The number of thiocarbonyl (C=S) groups is 1. The minimum absolute atomic E-state index is 0.0686. The molecule has 1 atom stereocenters. The zero-order valence-electron chi connectivity index (χ0n) is 8.16. The number of aliphatic carboxylic acids is 1. The van der Waals surface area contributed by atoms with Crippen molar-refractivity contribution in [2.75, 3.05) is 6.54 Å². The lowest BCUT2D eigenvalue weighted by Crippen LogP contribution is -2.46. The molecular formula is C8H14N2O3S. The molecule has 0 aromatic carbocycles. The quantitative estimate of drug-likeness (QED) is 0.559. The van der Waals surface area contributed by atoms with Crippen LogP contribution in [0.4, 0.5) is 0 Å². The number of carbonyl (C=O) groups excluding carboxylic acids is 1. The van der Waals surface area contributed by atoms with E-state index in [1.165, 1.54) is 6.92 Å². The van der Waals surface area contributed by atoms with Gasteiger partial charge in [0.25, 0.3) is 0 Å². The molecule has 0 spiro atoms. The Balaban J connectivity index is 4.16. The zero-order valence-corrected chi connectivity index (χ0v) is 8.98. The molecule has 0 radical (unpaired) electrons. The van der Waals surface area contributed by atoms with Crippen LogP contribution in [0.1, 0.15) is 20.3 Å². The number of carbonyl (C=O) groups is 2. The van der Waals surface area contributed by atoms with Crippen LogP contribution in [0.2, 0.25) is 0 Å². The number of ketones is 1. The normalized spacial score (nSPS) is 11.6. The Morgan fingerprint density at radius 3 is 2.43 bits per heavy atom. The van der Waals surface area contributed by atoms with Crippen LogP contribution >= 0.6 is 12.2 Å². The average Bonchev–Trinajstić information content (AvgIpc) is 2.02. The van der Waals surface area contributed by atoms with Crippen LogP contribution in [0.5, 0.6) is 0 Å². The molecule has 5 nitrogen and oxygen atoms in total. The van der Waals surface area contributed by atoms with E-state index in [0.717, 1.165) is 0 Å². The Hall–Kier alpha value is -1.17. The average molecular weight is 218 g/mol. The molecule has 0 aromatic rings. The van der Waals surface area contributed by atoms with Crippen LogP contribution < -0.4 is 10.6 Å². The molecule has 0 saturated heterocycles. The molecule has 0 aromatic heterocycles. The van der Waals surface area contributed by atoms with Crippen LogP contribution in [0, 0.1) is 0 Å². The number of hydrogen-bond donors (Lipinski definition) is 3. The molecule has 0 aliphatic rings. The molecule has 0 fully saturated rings. The lowest BCUT2D eigenvalue weighted by Gasteiger charge is -2.15. The predicted molar refractivity (Wildman–Crippen MR) is 56.1 cm³/mol. The maximum Gasteiger partial charge on any atom is 0.326 e. The van der Waals surface area contributed by atoms with Crippen molar-refractivity contribution >= 4 is 29.1 Å². The minimum atomic E-state index is -1.08. The fourth-order valence-corrected chi connectivity index (χ4v) is 1.14. The molecule has 14 heavy (non-hydrogen) atoms. The fourth-order valence-electron chi connectivity index (χ4n) is 0.857. The minimum Gasteiger partial charge on any atom is -0.480 e. The Bertz CT molecular complexity index is 243. The first-order valence-corrected chi connectivity index (χ1v) is 4.64. The van der Waals surface area contributed by atoms with Gasteiger partial charge in [-0.3, -0.25) is 4.79 Å². The van der Waals surface area contributed by atoms with Crippen molar-refractivity contribution in [3.63, 3.8) is 0 Å². The van der Waals surface area contributed by atoms with E-state index in [1.54, 1.807) is 0 Å². The predicted octanol–water partition coefficient (Wildman–Crippen LogP) is -0.0973. The molecule has 0 rings (SSSR count). The van der Waals surface area contributed by atoms with Gasteiger partial charge in [-0.15, -0.1) is 0 Å². The second-order valence-corrected chi connectivity index (χ2v) is 3.21. The van der Waals surface area contributed by atoms with Crippen molar-refractivity contribution in [3.8, 4) is 0 Å². The molecule has 0 aliphatic heterocycles. The molecule has 0 heterocycles. The second kappa shape index (κ2) is 6.31. The van der Waals surface area contributed by atoms with Crippen LogP contribution in [0.25, 0.3) is 0 Å². The highest BCUT2D eigenvalue weighted by atomic mass is 32.1. The van der Waals surface area contributed by atoms with E-state index in [1.807, 2.05) is 6.92 Å². The van der Waals surface area contributed by atoms with E-state index in [0.29, 0.717) is 6.54 Å². The van der Waals surface area contributed by atoms with Gasteiger partial charge in [0.15, 0.2) is 5.11 Å². The van der Waals surface area contributed by atoms with Crippen molar-refractivity contribution in [1.82, 2.24) is 10.6 Å². The van der Waals surface area contributed by atoms with E-state index < -0.39 is 12.0 Å². The van der Waals surface area contributed by atoms with Crippen molar-refractivity contribution in [3.05, 3.63) is 0 Å². The molecule has 80 valence electrons. The number of carboxylic acids is 1. The topological polar surface area (TPSA) is 78.4 Å². The van der Waals surface area contributed by atoms with Crippen molar-refractivity contribution in [2.24, 2.45) is 0 Å². The standard InChI is InChI=1S/C8H14N2O3S/c1-3-9-8(14)10-6(7(12)13)4-5(2)11/h6H,3-4H2,1-2H3,(H,12,13)(H2,9,10,14). The Morgan fingerprint density at radius 1 is 1.50 bits per heavy atom. The molecule has 0 saturated carbocycles. The first kappa shape index (κ1) is 12.8. The van der Waals surface area contributed by atoms with Crippen LogP contribution in [-0.4, -0.2) is 34.6 Å². The Kier molecular flexibility index (Phi) is 5.78. The first-order chi connectivity index (χ1) is 6.47. The van der Waals surface area contributed by atoms with Gasteiger partial charge in [0.1, 0.15) is 11.8 Å². The highest BCUT2D eigenvalue weighted by Crippen LogP contribution is 1.93. The van der Waals surface area contributed by atoms with Crippen LogP contribution in [0.3, 0.4) is 0 Å². The van der Waals surface area contributed by atoms with Gasteiger partial charge in [-0.05, 0) is 26.1 Å². The first-order valence-electron chi connectivity index (χ1n) is 4.24. The number of rotatable bonds is 5. The molecule has 0 bridgehead atoms. The third kappa shape index (κ3) is 5.47. The van der Waals surface area contributed by atoms with Crippen LogP contribution in [0.15, 0.2) is 0 Å². The summed E-state index contributed by atoms with van der Waals surface area (Å²) in [7, 11) is 0. The van der Waals surface area contributed by atoms with E-state index in [4.69, 9.17) is 17.3 Å². The highest BCUT2D eigenvalue weighted by Gasteiger charge is 2.19. The SMILES string of the molecule is CCNC(=S)NC(CC(C)=O)C(=O)O. The maximum atomic E-state index is 10.7. The largest absolute Gasteiger partial charge is 0.480 e. The monoisotopic (exact) mass is 218 g/mol. The van der Waals surface area contributed by atoms with E-state index in [9.17, 15) is 9.59 Å². The summed E-state index contributed by atoms with van der Waals surface area (Å²) in [6.07, 6.45) is -0.0686. The molecule has 1 unspecified atom stereocenters. The van der Waals surface area contributed by atoms with Gasteiger partial charge in [-0.25, -0.2) is 4.79 Å². The summed E-state index contributed by atoms with van der Waals surface area (Å²) in [6, 6.07) is -0.945. The summed E-state index contributed by atoms with van der Waals surface area (Å²) in [5.74, 6) is -1.27. The number of carboxylic acid groups (broad SMARTS) is 1. The molecular weight excluding hydrogens is 204 g/mol. The summed E-state index contributed by atoms with van der Waals surface area (Å²) in [6.45, 7) is 3.79. The number of Topliss-reactive ketones (excluding diaryl/α,β-unsaturated/α-hetero) is 1. The summed E-state index contributed by atoms with van der Waals surface area (Å²) in [5.41, 5.74) is 0. The summed E-state index contributed by atoms with van der Waals surface area (Å²) in [4.78, 5) is 21.4. The Morgan fingerprint density at radius 2 is 2.07 bits per heavy atom. The fraction of sp³-hybridized carbons (Fsp3) is 0.625. The van der Waals surface area contributed by atoms with Crippen molar-refractivity contribution < 1.29 is 14.7 Å². The van der Waals surface area contributed by atoms with Gasteiger partial charge < -0.3 is 15.7 Å². The lowest BCUT2D eigenvalue weighted by molar-refractivity contribution is -0.140. The maximum absolute atomic E-state index is 10.7. The van der Waals surface area contributed by atoms with Crippen molar-refractivity contribution in [1.29, 1.82) is 0 Å². The second-order valence-electron chi connectivity index (χ2n) is 2.80. The highest BCUT2D eigenvalue weighted by molar-refractivity contribution is 7.80. The van der Waals surface area contributed by atoms with E-state index in [2.05, 4.69) is 10.6 Å². The molecule has 3 N–H and O–H groups in total. The number of nitrogens with one attached hydrogen (secondary N) is 2. The van der Waals surface area contributed by atoms with E-state index in [-0.39, 0.29) is 17.3 Å². The third-order valence-electron chi connectivity index (χ3n) is 1.43. The van der Waals surface area contributed by atoms with Gasteiger partial charge in [-0.2, -0.15) is 0 Å². The van der Waals surface area contributed by atoms with Gasteiger partial charge in [-0.1, -0.05) is 0 Å². The molecule has 0 amide bonds. The van der Waals surface area contributed by atoms with Gasteiger partial charge in [0, 0.05) is 13.0 Å². The third-order valence-corrected chi connectivity index (χ3v) is 1.69. The molecule has 0 aliphatic carbocycles. The van der Waals surface area contributed by atoms with Gasteiger partial charge in [0.05, 0.1) is 0 Å². The lowest BCUT2D eigenvalue weighted by atomic mass is 10.1. The Labute approximate surface area is 87.9 Å². The molecule has 6 heteroatoms.